The van der Waals surface area contributed by atoms with Gasteiger partial charge in [0.2, 0.25) is 5.43 Å². The fourth-order valence-electron chi connectivity index (χ4n) is 5.05. The Bertz CT molecular complexity index is 1380. The molecule has 5 rings (SSSR count). The van der Waals surface area contributed by atoms with Gasteiger partial charge in [0, 0.05) is 45.5 Å². The highest BCUT2D eigenvalue weighted by molar-refractivity contribution is 6.01. The molecule has 9 nitrogen and oxygen atoms in total. The van der Waals surface area contributed by atoms with Gasteiger partial charge in [-0.3, -0.25) is 9.59 Å². The van der Waals surface area contributed by atoms with E-state index in [9.17, 15) is 9.59 Å². The van der Waals surface area contributed by atoms with Crippen LogP contribution < -0.4 is 26.5 Å². The van der Waals surface area contributed by atoms with Gasteiger partial charge in [0.05, 0.1) is 11.1 Å². The number of hydrogen-bond acceptors (Lipinski definition) is 7. The summed E-state index contributed by atoms with van der Waals surface area (Å²) >= 11 is 0. The van der Waals surface area contributed by atoms with Crippen LogP contribution in [0.2, 0.25) is 0 Å². The number of nitrogens with two attached hydrogens (primary N) is 1. The van der Waals surface area contributed by atoms with E-state index in [1.165, 1.54) is 12.3 Å². The van der Waals surface area contributed by atoms with Crippen molar-refractivity contribution in [3.05, 3.63) is 58.1 Å². The predicted octanol–water partition coefficient (Wildman–Crippen LogP) is 2.75. The summed E-state index contributed by atoms with van der Waals surface area (Å²) in [7, 11) is 2.13. The summed E-state index contributed by atoms with van der Waals surface area (Å²) in [5, 5.41) is 6.11. The van der Waals surface area contributed by atoms with Gasteiger partial charge in [-0.1, -0.05) is 12.1 Å². The molecule has 3 aromatic rings. The zero-order valence-electron chi connectivity index (χ0n) is 21.8. The van der Waals surface area contributed by atoms with Crippen LogP contribution in [0.15, 0.2) is 41.3 Å². The van der Waals surface area contributed by atoms with E-state index in [0.717, 1.165) is 45.6 Å². The van der Waals surface area contributed by atoms with Crippen LogP contribution in [0.1, 0.15) is 29.6 Å². The molecule has 202 valence electrons. The summed E-state index contributed by atoms with van der Waals surface area (Å²) in [5.74, 6) is -0.305. The fraction of sp³-hybridized carbons (Fsp3) is 0.429. The molecule has 2 aromatic carbocycles. The second-order valence-corrected chi connectivity index (χ2v) is 9.95. The van der Waals surface area contributed by atoms with Gasteiger partial charge < -0.3 is 35.5 Å². The van der Waals surface area contributed by atoms with Crippen LogP contribution in [0.5, 0.6) is 11.5 Å². The number of aromatic nitrogens is 1. The number of carbonyl (C=O) groups excluding carboxylic acids is 1. The summed E-state index contributed by atoms with van der Waals surface area (Å²) in [4.78, 5) is 31.0. The summed E-state index contributed by atoms with van der Waals surface area (Å²) in [6.45, 7) is 6.57. The van der Waals surface area contributed by atoms with Gasteiger partial charge in [-0.25, -0.2) is 4.39 Å². The van der Waals surface area contributed by atoms with Crippen molar-refractivity contribution in [2.45, 2.75) is 19.3 Å². The number of halogens is 1. The minimum absolute atomic E-state index is 0.0415. The topological polar surface area (TPSA) is 105 Å². The van der Waals surface area contributed by atoms with Crippen LogP contribution in [0, 0.1) is 5.82 Å². The summed E-state index contributed by atoms with van der Waals surface area (Å²) in [5.41, 5.74) is 6.29. The number of para-hydroxylation sites is 2. The van der Waals surface area contributed by atoms with E-state index in [-0.39, 0.29) is 22.4 Å². The lowest BCUT2D eigenvalue weighted by Crippen LogP contribution is -2.44. The van der Waals surface area contributed by atoms with Gasteiger partial charge in [0.1, 0.15) is 16.8 Å². The third-order valence-corrected chi connectivity index (χ3v) is 7.24. The molecule has 38 heavy (non-hydrogen) atoms. The van der Waals surface area contributed by atoms with Gasteiger partial charge in [-0.15, -0.1) is 0 Å². The van der Waals surface area contributed by atoms with Crippen LogP contribution >= 0.6 is 0 Å². The average Bonchev–Trinajstić information content (AvgIpc) is 2.92. The number of unbranched alkanes of at least 4 members (excludes halogenated alkanes) is 1. The van der Waals surface area contributed by atoms with Crippen molar-refractivity contribution in [3.63, 3.8) is 0 Å². The third kappa shape index (κ3) is 5.24. The van der Waals surface area contributed by atoms with Crippen molar-refractivity contribution in [1.82, 2.24) is 19.7 Å². The molecule has 0 radical (unpaired) electrons. The Labute approximate surface area is 221 Å². The minimum Gasteiger partial charge on any atom is -0.451 e. The zero-order valence-corrected chi connectivity index (χ0v) is 21.8. The van der Waals surface area contributed by atoms with Crippen molar-refractivity contribution in [3.8, 4) is 17.2 Å². The first-order valence-electron chi connectivity index (χ1n) is 13.3. The molecule has 2 aliphatic heterocycles. The monoisotopic (exact) mass is 522 g/mol. The van der Waals surface area contributed by atoms with Crippen molar-refractivity contribution < 1.29 is 13.9 Å². The first-order valence-corrected chi connectivity index (χ1v) is 13.3. The molecule has 0 atom stereocenters. The lowest BCUT2D eigenvalue weighted by molar-refractivity contribution is 0.0951. The van der Waals surface area contributed by atoms with Gasteiger partial charge >= 0.3 is 0 Å². The Morgan fingerprint density at radius 3 is 2.68 bits per heavy atom. The van der Waals surface area contributed by atoms with Crippen LogP contribution in [-0.4, -0.2) is 79.7 Å². The van der Waals surface area contributed by atoms with Crippen LogP contribution in [0.25, 0.3) is 16.6 Å². The standard InChI is InChI=1S/C28H35FN6O3/c1-33-13-15-34(16-14-33)12-6-11-31-24-21(29)17-19-25-27(24)38-23-8-3-2-7-22(23)35(25)18-20(26(19)36)28(37)32-10-5-4-9-30/h2-3,7-8,17-18,31H,4-6,9-16,30H2,1H3,(H,32,37). The molecule has 0 unspecified atom stereocenters. The first kappa shape index (κ1) is 26.1. The van der Waals surface area contributed by atoms with Crippen molar-refractivity contribution in [1.29, 1.82) is 0 Å². The lowest BCUT2D eigenvalue weighted by atomic mass is 10.1. The third-order valence-electron chi connectivity index (χ3n) is 7.24. The molecule has 0 spiro atoms. The molecule has 10 heteroatoms. The summed E-state index contributed by atoms with van der Waals surface area (Å²) < 4.78 is 23.4. The highest BCUT2D eigenvalue weighted by Crippen LogP contribution is 2.44. The number of rotatable bonds is 10. The maximum atomic E-state index is 15.5. The maximum absolute atomic E-state index is 15.5. The highest BCUT2D eigenvalue weighted by Gasteiger charge is 2.28. The van der Waals surface area contributed by atoms with E-state index in [4.69, 9.17) is 10.5 Å². The Morgan fingerprint density at radius 1 is 1.11 bits per heavy atom. The average molecular weight is 523 g/mol. The van der Waals surface area contributed by atoms with Crippen LogP contribution in [-0.2, 0) is 0 Å². The number of ether oxygens (including phenoxy) is 1. The van der Waals surface area contributed by atoms with Gasteiger partial charge in [0.15, 0.2) is 17.3 Å². The Kier molecular flexibility index (Phi) is 7.92. The minimum atomic E-state index is -0.587. The molecule has 0 bridgehead atoms. The summed E-state index contributed by atoms with van der Waals surface area (Å²) in [6.07, 6.45) is 3.85. The van der Waals surface area contributed by atoms with Crippen molar-refractivity contribution >= 4 is 22.5 Å². The Hall–Kier alpha value is -3.47. The predicted molar refractivity (Wildman–Crippen MR) is 147 cm³/mol. The normalized spacial score (nSPS) is 15.2. The number of amides is 1. The van der Waals surface area contributed by atoms with Gasteiger partial charge in [-0.2, -0.15) is 0 Å². The molecule has 1 aromatic heterocycles. The quantitative estimate of drug-likeness (QED) is 0.275. The Morgan fingerprint density at radius 2 is 1.89 bits per heavy atom. The van der Waals surface area contributed by atoms with Crippen LogP contribution in [0.3, 0.4) is 0 Å². The van der Waals surface area contributed by atoms with E-state index in [2.05, 4.69) is 27.5 Å². The molecule has 3 heterocycles. The molecule has 0 aliphatic carbocycles. The second-order valence-electron chi connectivity index (χ2n) is 9.95. The first-order chi connectivity index (χ1) is 18.5. The van der Waals surface area contributed by atoms with E-state index >= 15 is 4.39 Å². The van der Waals surface area contributed by atoms with Gasteiger partial charge in [-0.05, 0) is 57.6 Å². The number of anilines is 1. The van der Waals surface area contributed by atoms with E-state index in [1.807, 2.05) is 18.2 Å². The second kappa shape index (κ2) is 11.5. The van der Waals surface area contributed by atoms with Crippen LogP contribution in [0.4, 0.5) is 10.1 Å². The fourth-order valence-corrected chi connectivity index (χ4v) is 5.05. The number of fused-ring (bicyclic) bond motifs is 2. The molecule has 1 saturated heterocycles. The number of piperazine rings is 1. The molecule has 4 N–H and O–H groups in total. The summed E-state index contributed by atoms with van der Waals surface area (Å²) in [6, 6.07) is 8.53. The van der Waals surface area contributed by atoms with E-state index in [0.29, 0.717) is 43.0 Å². The highest BCUT2D eigenvalue weighted by atomic mass is 19.1. The number of hydrogen-bond donors (Lipinski definition) is 3. The zero-order chi connectivity index (χ0) is 26.6. The lowest BCUT2D eigenvalue weighted by Gasteiger charge is -2.32. The largest absolute Gasteiger partial charge is 0.451 e. The maximum Gasteiger partial charge on any atom is 0.256 e. The molecule has 1 amide bonds. The van der Waals surface area contributed by atoms with Crippen molar-refractivity contribution in [2.75, 3.05) is 64.7 Å². The molecular formula is C28H35FN6O3. The number of pyridine rings is 1. The number of carbonyl (C=O) groups is 1. The molecular weight excluding hydrogens is 487 g/mol. The van der Waals surface area contributed by atoms with E-state index in [1.54, 1.807) is 10.6 Å². The number of nitrogens with zero attached hydrogens (tertiary/aromatic N) is 3. The van der Waals surface area contributed by atoms with Gasteiger partial charge in [0.25, 0.3) is 5.91 Å². The Balaban J connectivity index is 1.46. The SMILES string of the molecule is CN1CCN(CCCNc2c(F)cc3c(=O)c(C(=O)NCCCCN)cn4c3c2Oc2ccccc2-4)CC1. The molecule has 0 saturated carbocycles. The smallest absolute Gasteiger partial charge is 0.256 e. The number of nitrogens with one attached hydrogen (secondary N) is 2. The van der Waals surface area contributed by atoms with E-state index < -0.39 is 17.2 Å². The molecule has 1 fully saturated rings. The number of benzene rings is 2. The molecule has 2 aliphatic rings. The number of likely N-dealkylation sites (N-methyl/N-ethyl adjacent to an activating group) is 1. The van der Waals surface area contributed by atoms with Crippen molar-refractivity contribution in [2.24, 2.45) is 5.73 Å².